The maximum absolute atomic E-state index is 13.4. The zero-order chi connectivity index (χ0) is 18.8. The van der Waals surface area contributed by atoms with Crippen molar-refractivity contribution in [2.45, 2.75) is 19.1 Å². The first-order chi connectivity index (χ1) is 12.4. The van der Waals surface area contributed by atoms with E-state index in [9.17, 15) is 21.6 Å². The van der Waals surface area contributed by atoms with Gasteiger partial charge in [-0.05, 0) is 48.4 Å². The molecule has 1 heterocycles. The summed E-state index contributed by atoms with van der Waals surface area (Å²) in [6.45, 7) is 1.59. The molecule has 0 saturated carbocycles. The Morgan fingerprint density at radius 3 is 2.15 bits per heavy atom. The molecule has 0 N–H and O–H groups in total. The van der Waals surface area contributed by atoms with Crippen LogP contribution in [0.5, 0.6) is 0 Å². The Balaban J connectivity index is 2.14. The Morgan fingerprint density at radius 1 is 1.00 bits per heavy atom. The van der Waals surface area contributed by atoms with E-state index in [1.54, 1.807) is 35.8 Å². The molecule has 0 aliphatic rings. The number of thiol groups is 1. The lowest BCUT2D eigenvalue weighted by molar-refractivity contribution is 0.150. The van der Waals surface area contributed by atoms with Gasteiger partial charge in [-0.25, -0.2) is 21.6 Å². The highest BCUT2D eigenvalue weighted by atomic mass is 32.2. The summed E-state index contributed by atoms with van der Waals surface area (Å²) in [4.78, 5) is 0. The van der Waals surface area contributed by atoms with Crippen molar-refractivity contribution in [1.82, 2.24) is 4.57 Å². The average Bonchev–Trinajstić information content (AvgIpc) is 2.93. The molecule has 0 aliphatic carbocycles. The molecule has 0 spiro atoms. The molecule has 7 heteroatoms. The quantitative estimate of drug-likeness (QED) is 0.656. The van der Waals surface area contributed by atoms with Crippen molar-refractivity contribution in [1.29, 1.82) is 0 Å². The molecule has 0 bridgehead atoms. The minimum Gasteiger partial charge on any atom is -0.313 e. The summed E-state index contributed by atoms with van der Waals surface area (Å²) in [7, 11) is -2.54. The molecule has 1 aromatic heterocycles. The van der Waals surface area contributed by atoms with Crippen molar-refractivity contribution in [3.8, 4) is 16.9 Å². The third-order valence-electron chi connectivity index (χ3n) is 4.17. The molecule has 0 atom stereocenters. The van der Waals surface area contributed by atoms with Crippen molar-refractivity contribution in [2.75, 3.05) is 0 Å². The number of benzene rings is 2. The molecule has 2 aromatic carbocycles. The molecule has 3 aromatic rings. The van der Waals surface area contributed by atoms with E-state index >= 15 is 0 Å². The van der Waals surface area contributed by atoms with Gasteiger partial charge >= 0.3 is 0 Å². The number of aromatic nitrogens is 1. The van der Waals surface area contributed by atoms with Gasteiger partial charge in [0.05, 0.1) is 11.4 Å². The number of rotatable bonds is 5. The van der Waals surface area contributed by atoms with Crippen molar-refractivity contribution in [2.24, 2.45) is 0 Å². The summed E-state index contributed by atoms with van der Waals surface area (Å²) in [5.41, 5.74) is 2.65. The minimum atomic E-state index is -2.64. The number of hydrogen-bond donors (Lipinski definition) is 1. The second-order valence-corrected chi connectivity index (χ2v) is 6.85. The predicted octanol–water partition coefficient (Wildman–Crippen LogP) is 4.64. The van der Waals surface area contributed by atoms with E-state index in [1.165, 1.54) is 30.3 Å². The molecule has 3 rings (SSSR count). The molecule has 3 nitrogen and oxygen atoms in total. The fourth-order valence-electron chi connectivity index (χ4n) is 2.91. The first kappa shape index (κ1) is 18.3. The lowest BCUT2D eigenvalue weighted by Crippen LogP contribution is -2.00. The van der Waals surface area contributed by atoms with Crippen LogP contribution in [-0.2, 0) is 16.5 Å². The molecule has 0 saturated heterocycles. The Bertz CT molecular complexity index is 983. The van der Waals surface area contributed by atoms with Gasteiger partial charge in [-0.1, -0.05) is 24.3 Å². The molecule has 0 aliphatic heterocycles. The molecular formula is C19H16F3NO2S. The molecule has 26 heavy (non-hydrogen) atoms. The van der Waals surface area contributed by atoms with Gasteiger partial charge < -0.3 is 4.57 Å². The van der Waals surface area contributed by atoms with Crippen LogP contribution in [0.4, 0.5) is 13.2 Å². The maximum atomic E-state index is 13.4. The Hall–Kier alpha value is -2.54. The van der Waals surface area contributed by atoms with Gasteiger partial charge in [0.2, 0.25) is 0 Å². The van der Waals surface area contributed by atoms with Crippen molar-refractivity contribution in [3.63, 3.8) is 0 Å². The highest BCUT2D eigenvalue weighted by Gasteiger charge is 2.20. The lowest BCUT2D eigenvalue weighted by Gasteiger charge is -2.13. The fourth-order valence-corrected chi connectivity index (χ4v) is 3.42. The maximum Gasteiger partial charge on any atom is 0.265 e. The number of halogens is 3. The molecule has 0 radical (unpaired) electrons. The standard InChI is InChI=1S/C19H16F3NO2S/c1-12-17(19(21)22)10-18(23(12)16-8-6-15(20)7-9-16)14-4-2-13(3-5-14)11-26(24)25/h2-10,19,26H,11H2,1H3. The van der Waals surface area contributed by atoms with E-state index in [1.807, 2.05) is 0 Å². The van der Waals surface area contributed by atoms with Gasteiger partial charge in [-0.15, -0.1) is 0 Å². The van der Waals surface area contributed by atoms with Crippen molar-refractivity contribution < 1.29 is 21.6 Å². The van der Waals surface area contributed by atoms with E-state index in [-0.39, 0.29) is 11.3 Å². The van der Waals surface area contributed by atoms with Crippen LogP contribution in [0, 0.1) is 12.7 Å². The number of hydrogen-bond acceptors (Lipinski definition) is 2. The largest absolute Gasteiger partial charge is 0.313 e. The van der Waals surface area contributed by atoms with Crippen LogP contribution in [0.2, 0.25) is 0 Å². The van der Waals surface area contributed by atoms with Gasteiger partial charge in [-0.3, -0.25) is 0 Å². The lowest BCUT2D eigenvalue weighted by atomic mass is 10.1. The normalized spacial score (nSPS) is 11.5. The molecule has 136 valence electrons. The van der Waals surface area contributed by atoms with Crippen LogP contribution in [-0.4, -0.2) is 13.0 Å². The Labute approximate surface area is 150 Å². The van der Waals surface area contributed by atoms with Gasteiger partial charge in [0.25, 0.3) is 6.43 Å². The van der Waals surface area contributed by atoms with Crippen LogP contribution in [0.1, 0.15) is 23.2 Å². The van der Waals surface area contributed by atoms with E-state index in [4.69, 9.17) is 0 Å². The Morgan fingerprint density at radius 2 is 1.62 bits per heavy atom. The second kappa shape index (κ2) is 7.37. The van der Waals surface area contributed by atoms with E-state index < -0.39 is 22.9 Å². The Kier molecular flexibility index (Phi) is 5.18. The highest BCUT2D eigenvalue weighted by molar-refractivity contribution is 7.71. The van der Waals surface area contributed by atoms with Gasteiger partial charge in [0.1, 0.15) is 16.5 Å². The summed E-state index contributed by atoms with van der Waals surface area (Å²) >= 11 is 0. The summed E-state index contributed by atoms with van der Waals surface area (Å²) in [6.07, 6.45) is -2.64. The van der Waals surface area contributed by atoms with Crippen molar-refractivity contribution >= 4 is 10.7 Å². The monoisotopic (exact) mass is 379 g/mol. The number of alkyl halides is 2. The minimum absolute atomic E-state index is 0.0735. The summed E-state index contributed by atoms with van der Waals surface area (Å²) < 4.78 is 63.3. The summed E-state index contributed by atoms with van der Waals surface area (Å²) in [5.74, 6) is -0.485. The van der Waals surface area contributed by atoms with Gasteiger partial charge in [0, 0.05) is 16.9 Å². The second-order valence-electron chi connectivity index (χ2n) is 5.87. The van der Waals surface area contributed by atoms with Crippen LogP contribution < -0.4 is 0 Å². The van der Waals surface area contributed by atoms with Crippen LogP contribution in [0.3, 0.4) is 0 Å². The topological polar surface area (TPSA) is 39.1 Å². The average molecular weight is 379 g/mol. The first-order valence-corrected chi connectivity index (χ1v) is 9.20. The molecule has 0 unspecified atom stereocenters. The number of nitrogens with zero attached hydrogens (tertiary/aromatic N) is 1. The predicted molar refractivity (Wildman–Crippen MR) is 94.9 cm³/mol. The summed E-state index contributed by atoms with van der Waals surface area (Å²) in [6, 6.07) is 13.7. The van der Waals surface area contributed by atoms with Crippen LogP contribution in [0.15, 0.2) is 54.6 Å². The van der Waals surface area contributed by atoms with Crippen LogP contribution in [0.25, 0.3) is 16.9 Å². The molecular weight excluding hydrogens is 363 g/mol. The molecule has 0 fully saturated rings. The van der Waals surface area contributed by atoms with Crippen LogP contribution >= 0.6 is 0 Å². The molecule has 0 amide bonds. The fraction of sp³-hybridized carbons (Fsp3) is 0.158. The third-order valence-corrected chi connectivity index (χ3v) is 4.79. The van der Waals surface area contributed by atoms with E-state index in [0.29, 0.717) is 28.2 Å². The van der Waals surface area contributed by atoms with Crippen molar-refractivity contribution in [3.05, 3.63) is 77.2 Å². The first-order valence-electron chi connectivity index (χ1n) is 7.84. The van der Waals surface area contributed by atoms with Gasteiger partial charge in [0.15, 0.2) is 0 Å². The zero-order valence-corrected chi connectivity index (χ0v) is 14.7. The summed E-state index contributed by atoms with van der Waals surface area (Å²) in [5, 5.41) is 0. The third kappa shape index (κ3) is 3.67. The highest BCUT2D eigenvalue weighted by Crippen LogP contribution is 2.34. The van der Waals surface area contributed by atoms with E-state index in [2.05, 4.69) is 0 Å². The van der Waals surface area contributed by atoms with Gasteiger partial charge in [-0.2, -0.15) is 0 Å². The SMILES string of the molecule is Cc1c(C(F)F)cc(-c2ccc(C[SH](=O)=O)cc2)n1-c1ccc(F)cc1. The van der Waals surface area contributed by atoms with E-state index in [0.717, 1.165) is 0 Å². The smallest absolute Gasteiger partial charge is 0.265 e. The zero-order valence-electron chi connectivity index (χ0n) is 13.8.